The number of nitrogens with zero attached hydrogens (tertiary/aromatic N) is 1. The lowest BCUT2D eigenvalue weighted by Crippen LogP contribution is -2.38. The van der Waals surface area contributed by atoms with Gasteiger partial charge in [0.2, 0.25) is 10.0 Å². The highest BCUT2D eigenvalue weighted by atomic mass is 35.5. The number of halogens is 1. The summed E-state index contributed by atoms with van der Waals surface area (Å²) in [4.78, 5) is 3.84. The van der Waals surface area contributed by atoms with Gasteiger partial charge >= 0.3 is 0 Å². The number of hydrogen-bond donors (Lipinski definition) is 2. The zero-order valence-electron chi connectivity index (χ0n) is 11.5. The molecular weight excluding hydrogens is 332 g/mol. The Balaban J connectivity index is 2.16. The molecule has 0 aromatic carbocycles. The first-order chi connectivity index (χ1) is 9.72. The van der Waals surface area contributed by atoms with Gasteiger partial charge in [-0.25, -0.2) is 18.1 Å². The minimum atomic E-state index is -3.75. The third-order valence-electron chi connectivity index (χ3n) is 3.05. The predicted octanol–water partition coefficient (Wildman–Crippen LogP) is 2.29. The SMILES string of the molecule is Cc1cc(S(=O)(=O)NCC(C)(O)c2ccsc2)cnc1Cl. The lowest BCUT2D eigenvalue weighted by atomic mass is 10.0. The minimum Gasteiger partial charge on any atom is -0.384 e. The molecule has 0 spiro atoms. The minimum absolute atomic E-state index is 0.0190. The van der Waals surface area contributed by atoms with Crippen LogP contribution in [0.15, 0.2) is 34.0 Å². The Morgan fingerprint density at radius 3 is 2.81 bits per heavy atom. The van der Waals surface area contributed by atoms with Gasteiger partial charge in [0.1, 0.15) is 15.6 Å². The molecular formula is C13H15ClN2O3S2. The number of sulfonamides is 1. The molecule has 0 aliphatic rings. The molecule has 0 fully saturated rings. The number of pyridine rings is 1. The van der Waals surface area contributed by atoms with Crippen molar-refractivity contribution in [3.63, 3.8) is 0 Å². The van der Waals surface area contributed by atoms with E-state index < -0.39 is 15.6 Å². The smallest absolute Gasteiger partial charge is 0.242 e. The van der Waals surface area contributed by atoms with Gasteiger partial charge in [0.15, 0.2) is 0 Å². The first-order valence-corrected chi connectivity index (χ1v) is 8.90. The molecule has 2 N–H and O–H groups in total. The number of nitrogens with one attached hydrogen (secondary N) is 1. The van der Waals surface area contributed by atoms with Crippen LogP contribution in [-0.4, -0.2) is 25.1 Å². The number of aliphatic hydroxyl groups is 1. The molecule has 2 aromatic rings. The average Bonchev–Trinajstić information content (AvgIpc) is 2.94. The van der Waals surface area contributed by atoms with E-state index in [1.807, 2.05) is 5.38 Å². The van der Waals surface area contributed by atoms with E-state index >= 15 is 0 Å². The van der Waals surface area contributed by atoms with Crippen molar-refractivity contribution in [2.24, 2.45) is 0 Å². The van der Waals surface area contributed by atoms with Gasteiger partial charge in [0, 0.05) is 12.7 Å². The fourth-order valence-corrected chi connectivity index (χ4v) is 3.72. The fourth-order valence-electron chi connectivity index (χ4n) is 1.67. The van der Waals surface area contributed by atoms with Crippen molar-refractivity contribution in [2.75, 3.05) is 6.54 Å². The van der Waals surface area contributed by atoms with E-state index in [2.05, 4.69) is 9.71 Å². The molecule has 2 aromatic heterocycles. The van der Waals surface area contributed by atoms with Crippen LogP contribution in [0, 0.1) is 6.92 Å². The van der Waals surface area contributed by atoms with Gasteiger partial charge < -0.3 is 5.11 Å². The van der Waals surface area contributed by atoms with Crippen LogP contribution in [0.3, 0.4) is 0 Å². The molecule has 0 aliphatic heterocycles. The summed E-state index contributed by atoms with van der Waals surface area (Å²) < 4.78 is 26.8. The first-order valence-electron chi connectivity index (χ1n) is 6.09. The van der Waals surface area contributed by atoms with Crippen molar-refractivity contribution in [1.29, 1.82) is 0 Å². The Morgan fingerprint density at radius 1 is 1.52 bits per heavy atom. The zero-order valence-corrected chi connectivity index (χ0v) is 13.9. The number of thiophene rings is 1. The molecule has 5 nitrogen and oxygen atoms in total. The molecule has 21 heavy (non-hydrogen) atoms. The van der Waals surface area contributed by atoms with Crippen LogP contribution >= 0.6 is 22.9 Å². The second-order valence-electron chi connectivity index (χ2n) is 4.89. The lowest BCUT2D eigenvalue weighted by Gasteiger charge is -2.22. The second-order valence-corrected chi connectivity index (χ2v) is 7.79. The zero-order chi connectivity index (χ0) is 15.7. The van der Waals surface area contributed by atoms with E-state index in [1.165, 1.54) is 23.6 Å². The highest BCUT2D eigenvalue weighted by Gasteiger charge is 2.26. The van der Waals surface area contributed by atoms with E-state index in [0.717, 1.165) is 0 Å². The molecule has 1 atom stereocenters. The summed E-state index contributed by atoms with van der Waals surface area (Å²) in [5.74, 6) is 0. The molecule has 0 saturated carbocycles. The van der Waals surface area contributed by atoms with Crippen LogP contribution in [0.4, 0.5) is 0 Å². The summed E-state index contributed by atoms with van der Waals surface area (Å²) >= 11 is 7.22. The summed E-state index contributed by atoms with van der Waals surface area (Å²) in [6, 6.07) is 3.20. The molecule has 114 valence electrons. The van der Waals surface area contributed by atoms with Gasteiger partial charge in [-0.05, 0) is 47.9 Å². The van der Waals surface area contributed by atoms with E-state index in [9.17, 15) is 13.5 Å². The van der Waals surface area contributed by atoms with Gasteiger partial charge in [0.25, 0.3) is 0 Å². The van der Waals surface area contributed by atoms with Crippen LogP contribution in [0.25, 0.3) is 0 Å². The number of rotatable bonds is 5. The Kier molecular flexibility index (Phi) is 4.69. The molecule has 0 bridgehead atoms. The maximum absolute atomic E-state index is 12.2. The summed E-state index contributed by atoms with van der Waals surface area (Å²) in [5, 5.41) is 14.2. The van der Waals surface area contributed by atoms with Crippen molar-refractivity contribution in [2.45, 2.75) is 24.3 Å². The van der Waals surface area contributed by atoms with Crippen molar-refractivity contribution in [3.05, 3.63) is 45.4 Å². The molecule has 2 rings (SSSR count). The van der Waals surface area contributed by atoms with Gasteiger partial charge in [-0.2, -0.15) is 11.3 Å². The Morgan fingerprint density at radius 2 is 2.24 bits per heavy atom. The van der Waals surface area contributed by atoms with E-state index in [0.29, 0.717) is 11.1 Å². The summed E-state index contributed by atoms with van der Waals surface area (Å²) in [5.41, 5.74) is -0.0353. The third kappa shape index (κ3) is 3.81. The van der Waals surface area contributed by atoms with Crippen LogP contribution in [0.1, 0.15) is 18.1 Å². The van der Waals surface area contributed by atoms with E-state index in [1.54, 1.807) is 25.3 Å². The highest BCUT2D eigenvalue weighted by molar-refractivity contribution is 7.89. The van der Waals surface area contributed by atoms with Crippen molar-refractivity contribution < 1.29 is 13.5 Å². The molecule has 0 amide bonds. The van der Waals surface area contributed by atoms with Crippen molar-refractivity contribution in [1.82, 2.24) is 9.71 Å². The number of aromatic nitrogens is 1. The maximum atomic E-state index is 12.2. The molecule has 0 radical (unpaired) electrons. The third-order valence-corrected chi connectivity index (χ3v) is 5.50. The largest absolute Gasteiger partial charge is 0.384 e. The van der Waals surface area contributed by atoms with Gasteiger partial charge in [-0.15, -0.1) is 0 Å². The molecule has 1 unspecified atom stereocenters. The summed E-state index contributed by atoms with van der Waals surface area (Å²) in [6.45, 7) is 3.10. The Bertz CT molecular complexity index is 728. The Labute approximate surface area is 132 Å². The van der Waals surface area contributed by atoms with Crippen LogP contribution in [0.2, 0.25) is 5.15 Å². The first kappa shape index (κ1) is 16.4. The second kappa shape index (κ2) is 6.02. The van der Waals surface area contributed by atoms with Crippen molar-refractivity contribution in [3.8, 4) is 0 Å². The average molecular weight is 347 g/mol. The van der Waals surface area contributed by atoms with E-state index in [-0.39, 0.29) is 16.6 Å². The molecule has 0 saturated heterocycles. The number of aryl methyl sites for hydroxylation is 1. The quantitative estimate of drug-likeness (QED) is 0.814. The van der Waals surface area contributed by atoms with Crippen LogP contribution in [0.5, 0.6) is 0 Å². The maximum Gasteiger partial charge on any atom is 0.242 e. The van der Waals surface area contributed by atoms with Gasteiger partial charge in [0.05, 0.1) is 0 Å². The lowest BCUT2D eigenvalue weighted by molar-refractivity contribution is 0.0632. The van der Waals surface area contributed by atoms with Gasteiger partial charge in [-0.1, -0.05) is 11.6 Å². The topological polar surface area (TPSA) is 79.3 Å². The highest BCUT2D eigenvalue weighted by Crippen LogP contribution is 2.23. The van der Waals surface area contributed by atoms with Crippen LogP contribution in [-0.2, 0) is 15.6 Å². The van der Waals surface area contributed by atoms with Gasteiger partial charge in [-0.3, -0.25) is 0 Å². The fraction of sp³-hybridized carbons (Fsp3) is 0.308. The summed E-state index contributed by atoms with van der Waals surface area (Å²) in [6.07, 6.45) is 1.19. The standard InChI is InChI=1S/C13H15ClN2O3S2/c1-9-5-11(6-15-12(9)14)21(18,19)16-8-13(2,17)10-3-4-20-7-10/h3-7,16-17H,8H2,1-2H3. The normalized spacial score (nSPS) is 14.9. The molecule has 2 heterocycles. The Hall–Kier alpha value is -0.990. The van der Waals surface area contributed by atoms with E-state index in [4.69, 9.17) is 11.6 Å². The summed E-state index contributed by atoms with van der Waals surface area (Å²) in [7, 11) is -3.75. The predicted molar refractivity (Wildman–Crippen MR) is 83.1 cm³/mol. The number of hydrogen-bond acceptors (Lipinski definition) is 5. The van der Waals surface area contributed by atoms with Crippen LogP contribution < -0.4 is 4.72 Å². The molecule has 0 aliphatic carbocycles. The monoisotopic (exact) mass is 346 g/mol. The van der Waals surface area contributed by atoms with Crippen molar-refractivity contribution >= 4 is 33.0 Å². The molecule has 8 heteroatoms.